The van der Waals surface area contributed by atoms with Crippen LogP contribution in [-0.2, 0) is 10.0 Å². The number of nitrogens with one attached hydrogen (secondary N) is 1. The number of hydrogen-bond donors (Lipinski definition) is 1. The molecule has 1 aromatic heterocycles. The molecule has 1 N–H and O–H groups in total. The van der Waals surface area contributed by atoms with Gasteiger partial charge in [0.25, 0.3) is 10.0 Å². The first-order chi connectivity index (χ1) is 16.5. The van der Waals surface area contributed by atoms with Gasteiger partial charge in [0.2, 0.25) is 0 Å². The van der Waals surface area contributed by atoms with E-state index in [1.54, 1.807) is 12.1 Å². The van der Waals surface area contributed by atoms with Crippen molar-refractivity contribution in [3.05, 3.63) is 72.7 Å². The van der Waals surface area contributed by atoms with Crippen LogP contribution in [-0.4, -0.2) is 50.5 Å². The smallest absolute Gasteiger partial charge is 0.261 e. The highest BCUT2D eigenvalue weighted by molar-refractivity contribution is 7.92. The van der Waals surface area contributed by atoms with Gasteiger partial charge in [-0.25, -0.2) is 17.8 Å². The summed E-state index contributed by atoms with van der Waals surface area (Å²) in [5, 5.41) is 0. The Morgan fingerprint density at radius 2 is 1.42 bits per heavy atom. The predicted molar refractivity (Wildman–Crippen MR) is 147 cm³/mol. The number of anilines is 2. The maximum Gasteiger partial charge on any atom is 0.261 e. The van der Waals surface area contributed by atoms with Gasteiger partial charge in [-0.15, -0.1) is 24.8 Å². The van der Waals surface area contributed by atoms with Gasteiger partial charge >= 0.3 is 0 Å². The molecule has 0 spiro atoms. The van der Waals surface area contributed by atoms with Crippen molar-refractivity contribution in [3.63, 3.8) is 0 Å². The van der Waals surface area contributed by atoms with Crippen LogP contribution in [0.4, 0.5) is 15.9 Å². The number of hydrogen-bond acceptors (Lipinski definition) is 5. The Kier molecular flexibility index (Phi) is 9.58. The standard InChI is InChI=1S/C26H29FN4O2S.2ClH/c27-22-8-12-25(13-9-22)34(32,33)29-23-10-5-20(6-11-23)21-7-14-26(28-19-21)31-17-15-30(16-18-31)24-3-1-2-4-24;;/h5-14,19,24,29H,1-4,15-18H2;2*1H. The van der Waals surface area contributed by atoms with E-state index in [-0.39, 0.29) is 29.7 Å². The van der Waals surface area contributed by atoms with Crippen LogP contribution in [0, 0.1) is 5.82 Å². The predicted octanol–water partition coefficient (Wildman–Crippen LogP) is 5.60. The summed E-state index contributed by atoms with van der Waals surface area (Å²) in [5.41, 5.74) is 2.37. The Labute approximate surface area is 224 Å². The minimum absolute atomic E-state index is 0. The lowest BCUT2D eigenvalue weighted by Crippen LogP contribution is -2.49. The van der Waals surface area contributed by atoms with E-state index < -0.39 is 15.8 Å². The van der Waals surface area contributed by atoms with Gasteiger partial charge in [-0.2, -0.15) is 0 Å². The van der Waals surface area contributed by atoms with E-state index in [0.29, 0.717) is 5.69 Å². The molecule has 2 heterocycles. The fourth-order valence-corrected chi connectivity index (χ4v) is 5.95. The summed E-state index contributed by atoms with van der Waals surface area (Å²) in [7, 11) is -3.77. The van der Waals surface area contributed by atoms with E-state index in [1.807, 2.05) is 18.3 Å². The minimum Gasteiger partial charge on any atom is -0.354 e. The number of piperazine rings is 1. The summed E-state index contributed by atoms with van der Waals surface area (Å²) in [5.74, 6) is 0.521. The van der Waals surface area contributed by atoms with E-state index in [1.165, 1.54) is 37.8 Å². The van der Waals surface area contributed by atoms with Gasteiger partial charge in [-0.05, 0) is 66.9 Å². The number of halogens is 3. The van der Waals surface area contributed by atoms with Gasteiger partial charge in [-0.1, -0.05) is 25.0 Å². The first kappa shape index (κ1) is 28.2. The molecule has 194 valence electrons. The molecule has 2 fully saturated rings. The molecule has 1 aliphatic heterocycles. The molecule has 6 nitrogen and oxygen atoms in total. The normalized spacial score (nSPS) is 16.8. The summed E-state index contributed by atoms with van der Waals surface area (Å²) in [4.78, 5) is 9.70. The molecule has 5 rings (SSSR count). The summed E-state index contributed by atoms with van der Waals surface area (Å²) >= 11 is 0. The highest BCUT2D eigenvalue weighted by atomic mass is 35.5. The third-order valence-electron chi connectivity index (χ3n) is 6.82. The van der Waals surface area contributed by atoms with Crippen molar-refractivity contribution >= 4 is 46.3 Å². The average molecular weight is 554 g/mol. The van der Waals surface area contributed by atoms with Gasteiger partial charge in [0.05, 0.1) is 4.90 Å². The molecule has 0 radical (unpaired) electrons. The second kappa shape index (κ2) is 12.2. The molecule has 2 aromatic carbocycles. The maximum absolute atomic E-state index is 13.1. The van der Waals surface area contributed by atoms with Gasteiger partial charge < -0.3 is 4.90 Å². The Hall–Kier alpha value is -2.39. The second-order valence-corrected chi connectivity index (χ2v) is 10.7. The zero-order valence-electron chi connectivity index (χ0n) is 19.8. The minimum atomic E-state index is -3.77. The fourth-order valence-electron chi connectivity index (χ4n) is 4.89. The zero-order chi connectivity index (χ0) is 23.5. The number of sulfonamides is 1. The molecule has 0 amide bonds. The van der Waals surface area contributed by atoms with Crippen molar-refractivity contribution in [1.29, 1.82) is 0 Å². The van der Waals surface area contributed by atoms with Crippen LogP contribution in [0.15, 0.2) is 71.8 Å². The SMILES string of the molecule is Cl.Cl.O=S(=O)(Nc1ccc(-c2ccc(N3CCN(C4CCCC4)CC3)nc2)cc1)c1ccc(F)cc1. The number of benzene rings is 2. The topological polar surface area (TPSA) is 65.5 Å². The molecule has 1 saturated carbocycles. The largest absolute Gasteiger partial charge is 0.354 e. The van der Waals surface area contributed by atoms with Gasteiger partial charge in [-0.3, -0.25) is 9.62 Å². The number of aromatic nitrogens is 1. The van der Waals surface area contributed by atoms with E-state index in [0.717, 1.165) is 61.3 Å². The summed E-state index contributed by atoms with van der Waals surface area (Å²) < 4.78 is 40.6. The second-order valence-electron chi connectivity index (χ2n) is 9.00. The third kappa shape index (κ3) is 6.48. The molecule has 0 bridgehead atoms. The molecular weight excluding hydrogens is 522 g/mol. The average Bonchev–Trinajstić information content (AvgIpc) is 3.40. The van der Waals surface area contributed by atoms with Crippen molar-refractivity contribution in [2.24, 2.45) is 0 Å². The number of rotatable bonds is 6. The first-order valence-corrected chi connectivity index (χ1v) is 13.3. The van der Waals surface area contributed by atoms with E-state index in [4.69, 9.17) is 4.98 Å². The molecule has 1 saturated heterocycles. The summed E-state index contributed by atoms with van der Waals surface area (Å²) in [6.45, 7) is 4.21. The Balaban J connectivity index is 0.00000180. The monoisotopic (exact) mass is 552 g/mol. The Morgan fingerprint density at radius 1 is 0.806 bits per heavy atom. The number of nitrogens with zero attached hydrogens (tertiary/aromatic N) is 3. The van der Waals surface area contributed by atoms with Gasteiger partial charge in [0.15, 0.2) is 0 Å². The van der Waals surface area contributed by atoms with Crippen LogP contribution in [0.2, 0.25) is 0 Å². The van der Waals surface area contributed by atoms with Crippen molar-refractivity contribution < 1.29 is 12.8 Å². The van der Waals surface area contributed by atoms with E-state index >= 15 is 0 Å². The van der Waals surface area contributed by atoms with Crippen LogP contribution in [0.5, 0.6) is 0 Å². The third-order valence-corrected chi connectivity index (χ3v) is 8.22. The lowest BCUT2D eigenvalue weighted by atomic mass is 10.1. The highest BCUT2D eigenvalue weighted by Crippen LogP contribution is 2.27. The van der Waals surface area contributed by atoms with Crippen LogP contribution in [0.3, 0.4) is 0 Å². The molecule has 1 aliphatic carbocycles. The van der Waals surface area contributed by atoms with Crippen molar-refractivity contribution in [1.82, 2.24) is 9.88 Å². The zero-order valence-corrected chi connectivity index (χ0v) is 22.3. The lowest BCUT2D eigenvalue weighted by Gasteiger charge is -2.38. The summed E-state index contributed by atoms with van der Waals surface area (Å²) in [6, 6.07) is 16.8. The Morgan fingerprint density at radius 3 is 2.00 bits per heavy atom. The van der Waals surface area contributed by atoms with Crippen molar-refractivity contribution in [2.75, 3.05) is 35.8 Å². The van der Waals surface area contributed by atoms with Crippen LogP contribution < -0.4 is 9.62 Å². The Bertz CT molecular complexity index is 1210. The van der Waals surface area contributed by atoms with E-state index in [2.05, 4.69) is 26.7 Å². The molecule has 10 heteroatoms. The van der Waals surface area contributed by atoms with Crippen LogP contribution >= 0.6 is 24.8 Å². The van der Waals surface area contributed by atoms with Gasteiger partial charge in [0.1, 0.15) is 11.6 Å². The number of pyridine rings is 1. The molecule has 0 unspecified atom stereocenters. The molecular formula is C26H31Cl2FN4O2S. The van der Waals surface area contributed by atoms with Crippen molar-refractivity contribution in [3.8, 4) is 11.1 Å². The van der Waals surface area contributed by atoms with Crippen molar-refractivity contribution in [2.45, 2.75) is 36.6 Å². The maximum atomic E-state index is 13.1. The highest BCUT2D eigenvalue weighted by Gasteiger charge is 2.26. The van der Waals surface area contributed by atoms with E-state index in [9.17, 15) is 12.8 Å². The summed E-state index contributed by atoms with van der Waals surface area (Å²) in [6.07, 6.45) is 7.30. The van der Waals surface area contributed by atoms with Crippen LogP contribution in [0.25, 0.3) is 11.1 Å². The molecule has 36 heavy (non-hydrogen) atoms. The molecule has 2 aliphatic rings. The van der Waals surface area contributed by atoms with Crippen LogP contribution in [0.1, 0.15) is 25.7 Å². The molecule has 0 atom stereocenters. The van der Waals surface area contributed by atoms with Gasteiger partial charge in [0, 0.05) is 49.7 Å². The molecule has 3 aromatic rings. The lowest BCUT2D eigenvalue weighted by molar-refractivity contribution is 0.187. The quantitative estimate of drug-likeness (QED) is 0.431. The fraction of sp³-hybridized carbons (Fsp3) is 0.346. The first-order valence-electron chi connectivity index (χ1n) is 11.8.